The van der Waals surface area contributed by atoms with Gasteiger partial charge >= 0.3 is 5.97 Å². The van der Waals surface area contributed by atoms with Crippen molar-refractivity contribution < 1.29 is 23.1 Å². The number of anilines is 1. The Morgan fingerprint density at radius 2 is 1.86 bits per heavy atom. The molecule has 0 atom stereocenters. The molecule has 0 unspecified atom stereocenters. The van der Waals surface area contributed by atoms with E-state index in [1.807, 2.05) is 4.90 Å². The first kappa shape index (κ1) is 18.9. The molecule has 0 saturated carbocycles. The van der Waals surface area contributed by atoms with Crippen molar-refractivity contribution in [3.8, 4) is 0 Å². The lowest BCUT2D eigenvalue weighted by atomic mass is 10.1. The van der Waals surface area contributed by atoms with Gasteiger partial charge in [0.05, 0.1) is 0 Å². The van der Waals surface area contributed by atoms with Crippen LogP contribution < -0.4 is 4.90 Å². The van der Waals surface area contributed by atoms with E-state index in [-0.39, 0.29) is 17.3 Å². The Morgan fingerprint density at radius 1 is 1.14 bits per heavy atom. The van der Waals surface area contributed by atoms with Gasteiger partial charge in [-0.15, -0.1) is 0 Å². The summed E-state index contributed by atoms with van der Waals surface area (Å²) in [5.74, 6) is -1.11. The first-order chi connectivity index (χ1) is 14.0. The number of amides is 1. The van der Waals surface area contributed by atoms with Crippen LogP contribution in [0.2, 0.25) is 0 Å². The Hall–Kier alpha value is -3.49. The second-order valence-electron chi connectivity index (χ2n) is 6.67. The molecule has 9 heteroatoms. The number of para-hydroxylation sites is 1. The molecule has 1 amide bonds. The van der Waals surface area contributed by atoms with Crippen LogP contribution in [0.4, 0.5) is 10.3 Å². The fourth-order valence-corrected chi connectivity index (χ4v) is 3.30. The molecule has 0 N–H and O–H groups in total. The van der Waals surface area contributed by atoms with E-state index in [1.54, 1.807) is 42.4 Å². The predicted octanol–water partition coefficient (Wildman–Crippen LogP) is 2.18. The predicted molar refractivity (Wildman–Crippen MR) is 102 cm³/mol. The maximum atomic E-state index is 13.8. The number of esters is 1. The number of carbonyl (C=O) groups is 2. The first-order valence-corrected chi connectivity index (χ1v) is 9.19. The van der Waals surface area contributed by atoms with Gasteiger partial charge in [-0.25, -0.2) is 19.2 Å². The van der Waals surface area contributed by atoms with Crippen LogP contribution in [0.25, 0.3) is 11.0 Å². The number of fused-ring (bicyclic) bond motifs is 1. The van der Waals surface area contributed by atoms with Crippen molar-refractivity contribution in [2.75, 3.05) is 37.7 Å². The number of halogens is 1. The molecule has 0 radical (unpaired) electrons. The number of carbonyl (C=O) groups excluding carboxylic acids is 2. The first-order valence-electron chi connectivity index (χ1n) is 9.19. The third-order valence-electron chi connectivity index (χ3n) is 4.90. The Labute approximate surface area is 165 Å². The van der Waals surface area contributed by atoms with Crippen LogP contribution >= 0.6 is 0 Å². The number of benzene rings is 1. The van der Waals surface area contributed by atoms with Gasteiger partial charge in [0.1, 0.15) is 0 Å². The van der Waals surface area contributed by atoms with E-state index in [4.69, 9.17) is 9.15 Å². The number of furan rings is 1. The summed E-state index contributed by atoms with van der Waals surface area (Å²) in [4.78, 5) is 36.7. The molecule has 1 fully saturated rings. The summed E-state index contributed by atoms with van der Waals surface area (Å²) in [5, 5.41) is 0.502. The summed E-state index contributed by atoms with van der Waals surface area (Å²) in [6, 6.07) is 6.20. The molecule has 3 heterocycles. The van der Waals surface area contributed by atoms with E-state index in [0.717, 1.165) is 0 Å². The van der Waals surface area contributed by atoms with Gasteiger partial charge in [-0.2, -0.15) is 0 Å². The highest BCUT2D eigenvalue weighted by Gasteiger charge is 2.25. The van der Waals surface area contributed by atoms with Crippen LogP contribution in [0.3, 0.4) is 0 Å². The quantitative estimate of drug-likeness (QED) is 0.623. The normalized spacial score (nSPS) is 14.3. The number of hydrogen-bond acceptors (Lipinski definition) is 7. The summed E-state index contributed by atoms with van der Waals surface area (Å²) in [6.45, 7) is 3.37. The Balaban J connectivity index is 1.34. The van der Waals surface area contributed by atoms with Gasteiger partial charge in [0.25, 0.3) is 5.91 Å². The van der Waals surface area contributed by atoms with E-state index in [0.29, 0.717) is 43.1 Å². The summed E-state index contributed by atoms with van der Waals surface area (Å²) < 4.78 is 24.3. The molecule has 1 aromatic carbocycles. The van der Waals surface area contributed by atoms with E-state index < -0.39 is 18.4 Å². The number of nitrogens with zero attached hydrogens (tertiary/aromatic N) is 4. The van der Waals surface area contributed by atoms with Crippen molar-refractivity contribution in [1.82, 2.24) is 14.9 Å². The molecule has 150 valence electrons. The van der Waals surface area contributed by atoms with Crippen molar-refractivity contribution in [3.05, 3.63) is 53.8 Å². The molecule has 0 bridgehead atoms. The molecule has 0 aliphatic carbocycles. The van der Waals surface area contributed by atoms with Crippen molar-refractivity contribution in [3.63, 3.8) is 0 Å². The fraction of sp³-hybridized carbons (Fsp3) is 0.300. The smallest absolute Gasteiger partial charge is 0.375 e. The molecular formula is C20H19FN4O4. The summed E-state index contributed by atoms with van der Waals surface area (Å²) in [6.07, 6.45) is 3.34. The van der Waals surface area contributed by atoms with Gasteiger partial charge in [0, 0.05) is 49.5 Å². The van der Waals surface area contributed by atoms with Crippen LogP contribution in [0.15, 0.2) is 41.1 Å². The van der Waals surface area contributed by atoms with Crippen molar-refractivity contribution >= 4 is 28.8 Å². The summed E-state index contributed by atoms with van der Waals surface area (Å²) in [5.41, 5.74) is 0.482. The molecule has 8 nitrogen and oxygen atoms in total. The lowest BCUT2D eigenvalue weighted by molar-refractivity contribution is -0.134. The van der Waals surface area contributed by atoms with E-state index >= 15 is 0 Å². The largest absolute Gasteiger partial charge is 0.450 e. The zero-order valence-corrected chi connectivity index (χ0v) is 15.8. The van der Waals surface area contributed by atoms with Crippen LogP contribution in [-0.2, 0) is 9.53 Å². The molecular weight excluding hydrogens is 379 g/mol. The topological polar surface area (TPSA) is 88.8 Å². The van der Waals surface area contributed by atoms with Crippen LogP contribution in [0.5, 0.6) is 0 Å². The molecule has 29 heavy (non-hydrogen) atoms. The van der Waals surface area contributed by atoms with Crippen molar-refractivity contribution in [1.29, 1.82) is 0 Å². The lowest BCUT2D eigenvalue weighted by Gasteiger charge is -2.34. The van der Waals surface area contributed by atoms with Crippen LogP contribution in [0, 0.1) is 12.7 Å². The van der Waals surface area contributed by atoms with Crippen LogP contribution in [0.1, 0.15) is 16.1 Å². The van der Waals surface area contributed by atoms with Gasteiger partial charge in [0.15, 0.2) is 18.0 Å². The second kappa shape index (κ2) is 7.86. The zero-order chi connectivity index (χ0) is 20.4. The molecule has 1 aliphatic rings. The molecule has 0 spiro atoms. The molecule has 1 aliphatic heterocycles. The number of aryl methyl sites for hydroxylation is 1. The average molecular weight is 398 g/mol. The number of aromatic nitrogens is 2. The molecule has 1 saturated heterocycles. The molecule has 3 aromatic rings. The monoisotopic (exact) mass is 398 g/mol. The Bertz CT molecular complexity index is 1050. The number of hydrogen-bond donors (Lipinski definition) is 0. The Kier molecular flexibility index (Phi) is 5.11. The van der Waals surface area contributed by atoms with E-state index in [1.165, 1.54) is 6.07 Å². The number of rotatable bonds is 4. The molecule has 2 aromatic heterocycles. The van der Waals surface area contributed by atoms with Crippen molar-refractivity contribution in [2.45, 2.75) is 6.92 Å². The third kappa shape index (κ3) is 3.75. The van der Waals surface area contributed by atoms with Crippen molar-refractivity contribution in [2.24, 2.45) is 0 Å². The zero-order valence-electron chi connectivity index (χ0n) is 15.8. The highest BCUT2D eigenvalue weighted by Crippen LogP contribution is 2.27. The third-order valence-corrected chi connectivity index (χ3v) is 4.90. The SMILES string of the molecule is Cc1c(C(=O)OCC(=O)N2CCN(c3ncccn3)CC2)oc2c(F)cccc12. The maximum absolute atomic E-state index is 13.8. The highest BCUT2D eigenvalue weighted by molar-refractivity contribution is 5.96. The lowest BCUT2D eigenvalue weighted by Crippen LogP contribution is -2.50. The minimum absolute atomic E-state index is 0.00234. The van der Waals surface area contributed by atoms with Crippen LogP contribution in [-0.4, -0.2) is 59.5 Å². The second-order valence-corrected chi connectivity index (χ2v) is 6.67. The fourth-order valence-electron chi connectivity index (χ4n) is 3.30. The van der Waals surface area contributed by atoms with E-state index in [9.17, 15) is 14.0 Å². The average Bonchev–Trinajstić information content (AvgIpc) is 3.10. The van der Waals surface area contributed by atoms with Gasteiger partial charge in [0.2, 0.25) is 11.7 Å². The standard InChI is InChI=1S/C20H19FN4O4/c1-13-14-4-2-5-15(21)18(14)29-17(13)19(27)28-12-16(26)24-8-10-25(11-9-24)20-22-6-3-7-23-20/h2-7H,8-12H2,1H3. The minimum atomic E-state index is -0.789. The van der Waals surface area contributed by atoms with Gasteiger partial charge in [-0.3, -0.25) is 4.79 Å². The Morgan fingerprint density at radius 3 is 2.55 bits per heavy atom. The highest BCUT2D eigenvalue weighted by atomic mass is 19.1. The summed E-state index contributed by atoms with van der Waals surface area (Å²) >= 11 is 0. The van der Waals surface area contributed by atoms with Gasteiger partial charge < -0.3 is 19.0 Å². The van der Waals surface area contributed by atoms with Gasteiger partial charge in [-0.05, 0) is 19.1 Å². The summed E-state index contributed by atoms with van der Waals surface area (Å²) in [7, 11) is 0. The number of ether oxygens (including phenoxy) is 1. The van der Waals surface area contributed by atoms with E-state index in [2.05, 4.69) is 9.97 Å². The number of piperazine rings is 1. The van der Waals surface area contributed by atoms with Gasteiger partial charge in [-0.1, -0.05) is 12.1 Å². The molecule has 4 rings (SSSR count). The maximum Gasteiger partial charge on any atom is 0.375 e. The minimum Gasteiger partial charge on any atom is -0.450 e.